The van der Waals surface area contributed by atoms with Gasteiger partial charge in [0.1, 0.15) is 16.6 Å². The minimum atomic E-state index is 0.447. The monoisotopic (exact) mass is 373 g/mol. The average Bonchev–Trinajstić information content (AvgIpc) is 3.30. The Balaban J connectivity index is 1.61. The van der Waals surface area contributed by atoms with Crippen molar-refractivity contribution in [1.29, 1.82) is 0 Å². The second-order valence-corrected chi connectivity index (χ2v) is 7.12. The Hall–Kier alpha value is -3.45. The van der Waals surface area contributed by atoms with Crippen molar-refractivity contribution in [2.45, 2.75) is 0 Å². The highest BCUT2D eigenvalue weighted by atomic mass is 32.1. The molecule has 5 rings (SSSR count). The molecule has 0 unspecified atom stereocenters. The molecule has 6 nitrogen and oxygen atoms in total. The van der Waals surface area contributed by atoms with E-state index in [1.165, 1.54) is 0 Å². The van der Waals surface area contributed by atoms with Crippen LogP contribution < -0.4 is 10.5 Å². The summed E-state index contributed by atoms with van der Waals surface area (Å²) in [7, 11) is 1.65. The molecule has 0 radical (unpaired) electrons. The zero-order valence-electron chi connectivity index (χ0n) is 14.5. The van der Waals surface area contributed by atoms with Gasteiger partial charge >= 0.3 is 0 Å². The molecule has 0 aliphatic rings. The van der Waals surface area contributed by atoms with Gasteiger partial charge in [-0.2, -0.15) is 5.10 Å². The number of para-hydroxylation sites is 1. The van der Waals surface area contributed by atoms with E-state index in [9.17, 15) is 0 Å². The molecule has 0 atom stereocenters. The molecule has 0 saturated carbocycles. The number of anilines is 1. The number of nitrogens with zero attached hydrogens (tertiary/aromatic N) is 4. The number of rotatable bonds is 3. The molecule has 5 aromatic rings. The lowest BCUT2D eigenvalue weighted by molar-refractivity contribution is 0.415. The summed E-state index contributed by atoms with van der Waals surface area (Å²) in [4.78, 5) is 9.20. The number of nitrogen functional groups attached to an aromatic ring is 1. The number of hydrogen-bond acceptors (Lipinski definition) is 6. The Kier molecular flexibility index (Phi) is 3.54. The van der Waals surface area contributed by atoms with Gasteiger partial charge in [-0.3, -0.25) is 0 Å². The van der Waals surface area contributed by atoms with Crippen molar-refractivity contribution >= 4 is 33.0 Å². The van der Waals surface area contributed by atoms with Gasteiger partial charge in [0.15, 0.2) is 5.65 Å². The number of fused-ring (bicyclic) bond motifs is 2. The van der Waals surface area contributed by atoms with Crippen molar-refractivity contribution < 1.29 is 4.74 Å². The molecule has 2 aromatic carbocycles. The second-order valence-electron chi connectivity index (χ2n) is 6.09. The van der Waals surface area contributed by atoms with Crippen LogP contribution in [-0.2, 0) is 0 Å². The number of methoxy groups -OCH3 is 1. The van der Waals surface area contributed by atoms with Crippen LogP contribution in [0.25, 0.3) is 37.7 Å². The van der Waals surface area contributed by atoms with Crippen molar-refractivity contribution in [1.82, 2.24) is 19.6 Å². The van der Waals surface area contributed by atoms with Crippen LogP contribution in [-0.4, -0.2) is 26.7 Å². The third-order valence-electron chi connectivity index (χ3n) is 4.39. The number of benzene rings is 2. The van der Waals surface area contributed by atoms with Crippen LogP contribution in [0, 0.1) is 0 Å². The van der Waals surface area contributed by atoms with Gasteiger partial charge < -0.3 is 10.5 Å². The van der Waals surface area contributed by atoms with Crippen LogP contribution in [0.3, 0.4) is 0 Å². The largest absolute Gasteiger partial charge is 0.497 e. The Labute approximate surface area is 158 Å². The molecule has 0 spiro atoms. The van der Waals surface area contributed by atoms with Gasteiger partial charge in [0.2, 0.25) is 0 Å². The molecule has 3 aromatic heterocycles. The van der Waals surface area contributed by atoms with E-state index in [0.717, 1.165) is 37.8 Å². The summed E-state index contributed by atoms with van der Waals surface area (Å²) in [5.74, 6) is 1.26. The maximum absolute atomic E-state index is 6.22. The first-order valence-corrected chi connectivity index (χ1v) is 9.19. The highest BCUT2D eigenvalue weighted by molar-refractivity contribution is 7.21. The van der Waals surface area contributed by atoms with E-state index < -0.39 is 0 Å². The van der Waals surface area contributed by atoms with Crippen molar-refractivity contribution in [2.75, 3.05) is 12.8 Å². The maximum atomic E-state index is 6.22. The zero-order valence-corrected chi connectivity index (χ0v) is 15.3. The highest BCUT2D eigenvalue weighted by Gasteiger charge is 2.14. The Morgan fingerprint density at radius 1 is 1.04 bits per heavy atom. The van der Waals surface area contributed by atoms with Gasteiger partial charge in [0.25, 0.3) is 0 Å². The Morgan fingerprint density at radius 3 is 2.63 bits per heavy atom. The lowest BCUT2D eigenvalue weighted by atomic mass is 10.1. The summed E-state index contributed by atoms with van der Waals surface area (Å²) < 4.78 is 8.07. The van der Waals surface area contributed by atoms with E-state index in [2.05, 4.69) is 15.1 Å². The van der Waals surface area contributed by atoms with Gasteiger partial charge in [0.05, 0.1) is 28.6 Å². The number of nitrogens with two attached hydrogens (primary N) is 1. The molecule has 3 heterocycles. The first kappa shape index (κ1) is 15.8. The summed E-state index contributed by atoms with van der Waals surface area (Å²) in [5.41, 5.74) is 10.5. The summed E-state index contributed by atoms with van der Waals surface area (Å²) in [6.07, 6.45) is 1.89. The van der Waals surface area contributed by atoms with E-state index in [1.54, 1.807) is 23.0 Å². The topological polar surface area (TPSA) is 78.3 Å². The minimum Gasteiger partial charge on any atom is -0.497 e. The van der Waals surface area contributed by atoms with Gasteiger partial charge in [-0.1, -0.05) is 12.1 Å². The normalized spacial score (nSPS) is 11.3. The predicted molar refractivity (Wildman–Crippen MR) is 108 cm³/mol. The standard InChI is InChI=1S/C20H15N5OS/c1-26-13-8-6-12(7-9-13)16-10-18-23-19(21)14(11-25(18)24-16)20-22-15-4-2-3-5-17(15)27-20/h2-11H,1H3,(H2,21,23). The molecule has 0 saturated heterocycles. The Morgan fingerprint density at radius 2 is 1.85 bits per heavy atom. The maximum Gasteiger partial charge on any atom is 0.158 e. The third kappa shape index (κ3) is 2.69. The van der Waals surface area contributed by atoms with Crippen molar-refractivity contribution in [3.05, 3.63) is 60.8 Å². The molecular weight excluding hydrogens is 358 g/mol. The van der Waals surface area contributed by atoms with E-state index in [1.807, 2.05) is 60.8 Å². The summed E-state index contributed by atoms with van der Waals surface area (Å²) in [6.45, 7) is 0. The van der Waals surface area contributed by atoms with Gasteiger partial charge in [0, 0.05) is 17.8 Å². The smallest absolute Gasteiger partial charge is 0.158 e. The van der Waals surface area contributed by atoms with Crippen LogP contribution in [0.2, 0.25) is 0 Å². The lowest BCUT2D eigenvalue weighted by Crippen LogP contribution is -1.99. The van der Waals surface area contributed by atoms with Gasteiger partial charge in [-0.15, -0.1) is 11.3 Å². The molecular formula is C20H15N5OS. The zero-order chi connectivity index (χ0) is 18.4. The molecule has 0 bridgehead atoms. The van der Waals surface area contributed by atoms with Gasteiger partial charge in [-0.25, -0.2) is 14.5 Å². The van der Waals surface area contributed by atoms with Gasteiger partial charge in [-0.05, 0) is 36.4 Å². The highest BCUT2D eigenvalue weighted by Crippen LogP contribution is 2.33. The quantitative estimate of drug-likeness (QED) is 0.511. The van der Waals surface area contributed by atoms with Crippen LogP contribution in [0.15, 0.2) is 60.8 Å². The second kappa shape index (κ2) is 6.07. The summed E-state index contributed by atoms with van der Waals surface area (Å²) in [5, 5.41) is 5.49. The fraction of sp³-hybridized carbons (Fsp3) is 0.0500. The first-order chi connectivity index (χ1) is 13.2. The van der Waals surface area contributed by atoms with Crippen LogP contribution in [0.4, 0.5) is 5.82 Å². The van der Waals surface area contributed by atoms with E-state index in [0.29, 0.717) is 11.5 Å². The number of hydrogen-bond donors (Lipinski definition) is 1. The van der Waals surface area contributed by atoms with E-state index in [-0.39, 0.29) is 0 Å². The number of aromatic nitrogens is 4. The summed E-state index contributed by atoms with van der Waals surface area (Å²) >= 11 is 1.59. The molecule has 2 N–H and O–H groups in total. The molecule has 0 amide bonds. The first-order valence-electron chi connectivity index (χ1n) is 8.37. The van der Waals surface area contributed by atoms with E-state index >= 15 is 0 Å². The van der Waals surface area contributed by atoms with E-state index in [4.69, 9.17) is 10.5 Å². The minimum absolute atomic E-state index is 0.447. The molecule has 0 aliphatic heterocycles. The third-order valence-corrected chi connectivity index (χ3v) is 5.46. The van der Waals surface area contributed by atoms with Crippen LogP contribution in [0.5, 0.6) is 5.75 Å². The SMILES string of the molecule is COc1ccc(-c2cc3nc(N)c(-c4nc5ccccc5s4)cn3n2)cc1. The lowest BCUT2D eigenvalue weighted by Gasteiger charge is -2.02. The average molecular weight is 373 g/mol. The fourth-order valence-electron chi connectivity index (χ4n) is 2.99. The molecule has 132 valence electrons. The Bertz CT molecular complexity index is 1240. The molecule has 0 aliphatic carbocycles. The number of ether oxygens (including phenoxy) is 1. The molecule has 0 fully saturated rings. The predicted octanol–water partition coefficient (Wildman–Crippen LogP) is 4.26. The van der Waals surface area contributed by atoms with Crippen LogP contribution >= 0.6 is 11.3 Å². The molecule has 7 heteroatoms. The van der Waals surface area contributed by atoms with Crippen molar-refractivity contribution in [3.63, 3.8) is 0 Å². The van der Waals surface area contributed by atoms with Crippen LogP contribution in [0.1, 0.15) is 0 Å². The number of thiazole rings is 1. The van der Waals surface area contributed by atoms with Crippen molar-refractivity contribution in [3.8, 4) is 27.6 Å². The fourth-order valence-corrected chi connectivity index (χ4v) is 3.97. The van der Waals surface area contributed by atoms with Crippen molar-refractivity contribution in [2.24, 2.45) is 0 Å². The molecule has 27 heavy (non-hydrogen) atoms. The summed E-state index contributed by atoms with van der Waals surface area (Å²) in [6, 6.07) is 17.7.